The van der Waals surface area contributed by atoms with E-state index in [1.54, 1.807) is 6.92 Å². The third-order valence-corrected chi connectivity index (χ3v) is 12.2. The zero-order valence-electron chi connectivity index (χ0n) is 18.2. The van der Waals surface area contributed by atoms with Crippen LogP contribution in [0, 0.1) is 40.4 Å². The molecular formula is C24H37BrO3. The van der Waals surface area contributed by atoms with Crippen molar-refractivity contribution in [3.63, 3.8) is 0 Å². The van der Waals surface area contributed by atoms with Crippen molar-refractivity contribution in [3.05, 3.63) is 0 Å². The van der Waals surface area contributed by atoms with Crippen LogP contribution in [0.15, 0.2) is 0 Å². The standard InChI is InChI=1S/C24H37BrO3/c1-14-12-21-19-7-6-17-13-18(28-16(3)27)8-10-22(17,4)20(19)9-11-23(21,5)24(14,25)15(2)26/h14,17-21H,6-13H2,1-5H3/t14-,17+,18-,19+,20-,21+,22+,23+,24+/m1/s1. The second-order valence-electron chi connectivity index (χ2n) is 11.0. The molecule has 4 heteroatoms. The summed E-state index contributed by atoms with van der Waals surface area (Å²) >= 11 is 4.01. The molecule has 0 aliphatic heterocycles. The highest BCUT2D eigenvalue weighted by molar-refractivity contribution is 9.10. The smallest absolute Gasteiger partial charge is 0.302 e. The quantitative estimate of drug-likeness (QED) is 0.385. The molecule has 158 valence electrons. The number of hydrogen-bond acceptors (Lipinski definition) is 3. The van der Waals surface area contributed by atoms with Crippen molar-refractivity contribution in [1.29, 1.82) is 0 Å². The van der Waals surface area contributed by atoms with Crippen LogP contribution in [-0.4, -0.2) is 22.2 Å². The van der Waals surface area contributed by atoms with Crippen LogP contribution in [0.25, 0.3) is 0 Å². The third-order valence-electron chi connectivity index (χ3n) is 9.97. The summed E-state index contributed by atoms with van der Waals surface area (Å²) in [5.41, 5.74) is 0.454. The molecule has 9 atom stereocenters. The first-order chi connectivity index (χ1) is 13.0. The highest BCUT2D eigenvalue weighted by Crippen LogP contribution is 2.71. The summed E-state index contributed by atoms with van der Waals surface area (Å²) < 4.78 is 5.24. The second-order valence-corrected chi connectivity index (χ2v) is 12.3. The van der Waals surface area contributed by atoms with Crippen LogP contribution < -0.4 is 0 Å². The van der Waals surface area contributed by atoms with Crippen LogP contribution >= 0.6 is 15.9 Å². The van der Waals surface area contributed by atoms with Crippen molar-refractivity contribution in [1.82, 2.24) is 0 Å². The Morgan fingerprint density at radius 2 is 1.68 bits per heavy atom. The molecule has 0 aromatic heterocycles. The van der Waals surface area contributed by atoms with Gasteiger partial charge in [-0.1, -0.05) is 36.7 Å². The highest BCUT2D eigenvalue weighted by Gasteiger charge is 2.68. The van der Waals surface area contributed by atoms with Gasteiger partial charge in [0.1, 0.15) is 11.9 Å². The summed E-state index contributed by atoms with van der Waals surface area (Å²) in [6.45, 7) is 10.5. The molecule has 0 aromatic carbocycles. The largest absolute Gasteiger partial charge is 0.463 e. The van der Waals surface area contributed by atoms with E-state index < -0.39 is 0 Å². The zero-order chi connectivity index (χ0) is 20.5. The maximum atomic E-state index is 12.7. The van der Waals surface area contributed by atoms with Gasteiger partial charge in [-0.3, -0.25) is 9.59 Å². The molecule has 0 saturated heterocycles. The zero-order valence-corrected chi connectivity index (χ0v) is 19.8. The Hall–Kier alpha value is -0.380. The Morgan fingerprint density at radius 1 is 0.964 bits per heavy atom. The number of alkyl halides is 1. The Morgan fingerprint density at radius 3 is 2.32 bits per heavy atom. The Balaban J connectivity index is 1.59. The lowest BCUT2D eigenvalue weighted by atomic mass is 9.44. The average molecular weight is 453 g/mol. The first-order valence-electron chi connectivity index (χ1n) is 11.4. The van der Waals surface area contributed by atoms with Crippen molar-refractivity contribution in [2.24, 2.45) is 40.4 Å². The number of ketones is 1. The Kier molecular flexibility index (Phi) is 5.08. The number of halogens is 1. The fourth-order valence-corrected chi connectivity index (χ4v) is 9.30. The van der Waals surface area contributed by atoms with Crippen LogP contribution in [-0.2, 0) is 14.3 Å². The van der Waals surface area contributed by atoms with E-state index in [1.807, 2.05) is 0 Å². The van der Waals surface area contributed by atoms with Crippen molar-refractivity contribution < 1.29 is 14.3 Å². The molecule has 4 rings (SSSR count). The first-order valence-corrected chi connectivity index (χ1v) is 12.2. The number of Topliss-reactive ketones (excluding diaryl/α,β-unsaturated/α-hetero) is 1. The van der Waals surface area contributed by atoms with Gasteiger partial charge < -0.3 is 4.74 Å². The van der Waals surface area contributed by atoms with E-state index in [0.29, 0.717) is 29.0 Å². The minimum absolute atomic E-state index is 0.0809. The monoisotopic (exact) mass is 452 g/mol. The minimum Gasteiger partial charge on any atom is -0.463 e. The van der Waals surface area contributed by atoms with Gasteiger partial charge >= 0.3 is 5.97 Å². The molecular weight excluding hydrogens is 416 g/mol. The number of esters is 1. The van der Waals surface area contributed by atoms with Crippen molar-refractivity contribution in [2.75, 3.05) is 0 Å². The van der Waals surface area contributed by atoms with Crippen molar-refractivity contribution >= 4 is 27.7 Å². The molecule has 4 saturated carbocycles. The summed E-state index contributed by atoms with van der Waals surface area (Å²) in [5, 5.41) is 0. The van der Waals surface area contributed by atoms with Gasteiger partial charge in [-0.25, -0.2) is 0 Å². The van der Waals surface area contributed by atoms with E-state index in [1.165, 1.54) is 39.0 Å². The van der Waals surface area contributed by atoms with Gasteiger partial charge in [-0.2, -0.15) is 0 Å². The van der Waals surface area contributed by atoms with Crippen LogP contribution in [0.1, 0.15) is 86.0 Å². The van der Waals surface area contributed by atoms with E-state index in [2.05, 4.69) is 36.7 Å². The molecule has 0 spiro atoms. The molecule has 4 aliphatic rings. The van der Waals surface area contributed by atoms with Crippen molar-refractivity contribution in [3.8, 4) is 0 Å². The van der Waals surface area contributed by atoms with Crippen LogP contribution in [0.2, 0.25) is 0 Å². The molecule has 0 N–H and O–H groups in total. The predicted molar refractivity (Wildman–Crippen MR) is 114 cm³/mol. The molecule has 0 aromatic rings. The molecule has 4 aliphatic carbocycles. The number of fused-ring (bicyclic) bond motifs is 5. The Labute approximate surface area is 178 Å². The highest BCUT2D eigenvalue weighted by atomic mass is 79.9. The topological polar surface area (TPSA) is 43.4 Å². The first kappa shape index (κ1) is 20.9. The lowest BCUT2D eigenvalue weighted by molar-refractivity contribution is -0.160. The lowest BCUT2D eigenvalue weighted by Gasteiger charge is -2.61. The molecule has 0 amide bonds. The summed E-state index contributed by atoms with van der Waals surface area (Å²) in [6, 6.07) is 0. The fraction of sp³-hybridized carbons (Fsp3) is 0.917. The summed E-state index contributed by atoms with van der Waals surface area (Å²) in [5.74, 6) is 3.43. The van der Waals surface area contributed by atoms with E-state index in [-0.39, 0.29) is 21.8 Å². The van der Waals surface area contributed by atoms with Crippen LogP contribution in [0.4, 0.5) is 0 Å². The fourth-order valence-electron chi connectivity index (χ4n) is 8.62. The van der Waals surface area contributed by atoms with Gasteiger partial charge in [0.15, 0.2) is 0 Å². The minimum atomic E-state index is -0.347. The van der Waals surface area contributed by atoms with Crippen molar-refractivity contribution in [2.45, 2.75) is 96.4 Å². The summed E-state index contributed by atoms with van der Waals surface area (Å²) in [4.78, 5) is 24.2. The predicted octanol–water partition coefficient (Wildman–Crippen LogP) is 5.93. The number of rotatable bonds is 2. The SMILES string of the molecule is CC(=O)O[C@@H]1CC[C@@]2(C)[C@@H](CC[C@H]3[C@H]2CC[C@@]2(C)[C@H]3C[C@@H](C)[C@]2(Br)C(C)=O)C1. The lowest BCUT2D eigenvalue weighted by Crippen LogP contribution is -2.57. The molecule has 0 unspecified atom stereocenters. The number of hydrogen-bond donors (Lipinski definition) is 0. The van der Waals surface area contributed by atoms with Gasteiger partial charge in [0.2, 0.25) is 0 Å². The molecule has 28 heavy (non-hydrogen) atoms. The van der Waals surface area contributed by atoms with E-state index in [0.717, 1.165) is 31.1 Å². The van der Waals surface area contributed by atoms with Crippen LogP contribution in [0.5, 0.6) is 0 Å². The summed E-state index contributed by atoms with van der Waals surface area (Å²) in [7, 11) is 0. The number of ether oxygens (including phenoxy) is 1. The molecule has 3 nitrogen and oxygen atoms in total. The molecule has 0 radical (unpaired) electrons. The maximum Gasteiger partial charge on any atom is 0.302 e. The molecule has 0 heterocycles. The van der Waals surface area contributed by atoms with Crippen LogP contribution in [0.3, 0.4) is 0 Å². The third kappa shape index (κ3) is 2.72. The van der Waals surface area contributed by atoms with E-state index >= 15 is 0 Å². The Bertz CT molecular complexity index is 677. The van der Waals surface area contributed by atoms with E-state index in [9.17, 15) is 9.59 Å². The molecule has 4 fully saturated rings. The van der Waals surface area contributed by atoms with Gasteiger partial charge in [0.05, 0.1) is 4.32 Å². The second kappa shape index (κ2) is 6.82. The normalized spacial score (nSPS) is 52.9. The van der Waals surface area contributed by atoms with Gasteiger partial charge in [0.25, 0.3) is 0 Å². The van der Waals surface area contributed by atoms with Gasteiger partial charge in [-0.15, -0.1) is 0 Å². The molecule has 0 bridgehead atoms. The van der Waals surface area contributed by atoms with E-state index in [4.69, 9.17) is 4.74 Å². The average Bonchev–Trinajstić information content (AvgIpc) is 2.83. The van der Waals surface area contributed by atoms with Gasteiger partial charge in [0, 0.05) is 6.92 Å². The maximum absolute atomic E-state index is 12.7. The number of carbonyl (C=O) groups is 2. The number of carbonyl (C=O) groups excluding carboxylic acids is 2. The summed E-state index contributed by atoms with van der Waals surface area (Å²) in [6.07, 6.45) is 9.50. The van der Waals surface area contributed by atoms with Gasteiger partial charge in [-0.05, 0) is 98.7 Å².